The van der Waals surface area contributed by atoms with Crippen LogP contribution in [0.2, 0.25) is 0 Å². The van der Waals surface area contributed by atoms with Crippen molar-refractivity contribution in [2.24, 2.45) is 11.8 Å². The van der Waals surface area contributed by atoms with Gasteiger partial charge in [-0.2, -0.15) is 0 Å². The predicted molar refractivity (Wildman–Crippen MR) is 44.5 cm³/mol. The summed E-state index contributed by atoms with van der Waals surface area (Å²) in [5.74, 6) is -2.23. The van der Waals surface area contributed by atoms with Crippen molar-refractivity contribution in [1.82, 2.24) is 0 Å². The highest BCUT2D eigenvalue weighted by atomic mass is 16.6. The molecule has 1 rings (SSSR count). The highest BCUT2D eigenvalue weighted by Gasteiger charge is 2.50. The molecule has 0 amide bonds. The molecule has 0 aromatic carbocycles. The molecule has 4 nitrogen and oxygen atoms in total. The lowest BCUT2D eigenvalue weighted by molar-refractivity contribution is -0.154. The maximum atomic E-state index is 11.2. The Hall–Kier alpha value is -1.03. The van der Waals surface area contributed by atoms with E-state index in [1.54, 1.807) is 0 Å². The SMILES string of the molecule is [CH2+]C1C(=O)OC(=O)C1C(CC)OC. The van der Waals surface area contributed by atoms with Gasteiger partial charge in [0.1, 0.15) is 5.92 Å². The molecular weight excluding hydrogens is 172 g/mol. The molecule has 0 aliphatic carbocycles. The quantitative estimate of drug-likeness (QED) is 0.366. The van der Waals surface area contributed by atoms with Gasteiger partial charge < -0.3 is 9.47 Å². The molecule has 0 aromatic rings. The number of esters is 2. The Morgan fingerprint density at radius 1 is 1.54 bits per heavy atom. The van der Waals surface area contributed by atoms with Gasteiger partial charge in [-0.3, -0.25) is 4.79 Å². The van der Waals surface area contributed by atoms with Gasteiger partial charge in [0.2, 0.25) is 5.92 Å². The first-order valence-corrected chi connectivity index (χ1v) is 4.23. The zero-order valence-corrected chi connectivity index (χ0v) is 7.78. The van der Waals surface area contributed by atoms with Crippen molar-refractivity contribution in [3.05, 3.63) is 6.92 Å². The van der Waals surface area contributed by atoms with Gasteiger partial charge >= 0.3 is 11.9 Å². The van der Waals surface area contributed by atoms with Gasteiger partial charge in [-0.1, -0.05) is 6.92 Å². The fourth-order valence-electron chi connectivity index (χ4n) is 1.53. The van der Waals surface area contributed by atoms with Gasteiger partial charge in [0.25, 0.3) is 0 Å². The van der Waals surface area contributed by atoms with Crippen molar-refractivity contribution in [2.75, 3.05) is 7.11 Å². The molecule has 0 radical (unpaired) electrons. The second-order valence-electron chi connectivity index (χ2n) is 3.05. The first-order chi connectivity index (χ1) is 6.11. The molecule has 1 aliphatic heterocycles. The number of rotatable bonds is 3. The topological polar surface area (TPSA) is 52.6 Å². The summed E-state index contributed by atoms with van der Waals surface area (Å²) in [4.78, 5) is 22.2. The minimum Gasteiger partial charge on any atom is -0.389 e. The van der Waals surface area contributed by atoms with Gasteiger partial charge in [-0.15, -0.1) is 0 Å². The molecule has 0 saturated carbocycles. The van der Waals surface area contributed by atoms with E-state index in [4.69, 9.17) is 4.74 Å². The lowest BCUT2D eigenvalue weighted by Gasteiger charge is -2.16. The van der Waals surface area contributed by atoms with Gasteiger partial charge in [-0.05, 0) is 6.42 Å². The number of ether oxygens (including phenoxy) is 2. The molecule has 4 heteroatoms. The van der Waals surface area contributed by atoms with Crippen LogP contribution in [0, 0.1) is 18.8 Å². The Labute approximate surface area is 77.2 Å². The van der Waals surface area contributed by atoms with E-state index in [1.165, 1.54) is 7.11 Å². The predicted octanol–water partition coefficient (Wildman–Crippen LogP) is 0.561. The summed E-state index contributed by atoms with van der Waals surface area (Å²) in [6, 6.07) is 0. The van der Waals surface area contributed by atoms with E-state index in [-0.39, 0.29) is 6.10 Å². The fourth-order valence-corrected chi connectivity index (χ4v) is 1.53. The first-order valence-electron chi connectivity index (χ1n) is 4.23. The minimum atomic E-state index is -0.627. The molecule has 0 N–H and O–H groups in total. The summed E-state index contributed by atoms with van der Waals surface area (Å²) in [6.45, 7) is 5.48. The van der Waals surface area contributed by atoms with E-state index >= 15 is 0 Å². The molecule has 0 spiro atoms. The third-order valence-electron chi connectivity index (χ3n) is 2.32. The fraction of sp³-hybridized carbons (Fsp3) is 0.667. The molecule has 0 bridgehead atoms. The number of hydrogen-bond acceptors (Lipinski definition) is 4. The molecular formula is C9H13O4+. The van der Waals surface area contributed by atoms with Crippen LogP contribution in [0.1, 0.15) is 13.3 Å². The van der Waals surface area contributed by atoms with Crippen LogP contribution in [-0.4, -0.2) is 25.2 Å². The van der Waals surface area contributed by atoms with Crippen LogP contribution < -0.4 is 0 Å². The van der Waals surface area contributed by atoms with Crippen LogP contribution in [0.3, 0.4) is 0 Å². The van der Waals surface area contributed by atoms with Crippen molar-refractivity contribution in [3.63, 3.8) is 0 Å². The van der Waals surface area contributed by atoms with Crippen LogP contribution in [0.4, 0.5) is 0 Å². The lowest BCUT2D eigenvalue weighted by atomic mass is 9.90. The van der Waals surface area contributed by atoms with Gasteiger partial charge in [-0.25, -0.2) is 4.79 Å². The molecule has 3 unspecified atom stereocenters. The summed E-state index contributed by atoms with van der Waals surface area (Å²) < 4.78 is 9.53. The summed E-state index contributed by atoms with van der Waals surface area (Å²) in [5, 5.41) is 0. The highest BCUT2D eigenvalue weighted by Crippen LogP contribution is 2.28. The van der Waals surface area contributed by atoms with E-state index < -0.39 is 23.8 Å². The molecule has 1 saturated heterocycles. The monoisotopic (exact) mass is 185 g/mol. The number of methoxy groups -OCH3 is 1. The molecule has 1 aliphatic rings. The van der Waals surface area contributed by atoms with E-state index in [2.05, 4.69) is 11.7 Å². The smallest absolute Gasteiger partial charge is 0.362 e. The van der Waals surface area contributed by atoms with Crippen molar-refractivity contribution >= 4 is 11.9 Å². The number of carbonyl (C=O) groups excluding carboxylic acids is 2. The van der Waals surface area contributed by atoms with E-state index in [0.29, 0.717) is 6.42 Å². The second-order valence-corrected chi connectivity index (χ2v) is 3.05. The molecule has 1 heterocycles. The third kappa shape index (κ3) is 1.67. The van der Waals surface area contributed by atoms with E-state index in [9.17, 15) is 9.59 Å². The minimum absolute atomic E-state index is 0.276. The Kier molecular flexibility index (Phi) is 2.93. The normalized spacial score (nSPS) is 30.3. The summed E-state index contributed by atoms with van der Waals surface area (Å²) in [6.07, 6.45) is 0.386. The second kappa shape index (κ2) is 3.79. The van der Waals surface area contributed by atoms with Gasteiger partial charge in [0, 0.05) is 7.11 Å². The molecule has 0 aromatic heterocycles. The van der Waals surface area contributed by atoms with Crippen molar-refractivity contribution in [2.45, 2.75) is 19.4 Å². The van der Waals surface area contributed by atoms with Crippen LogP contribution in [-0.2, 0) is 19.1 Å². The van der Waals surface area contributed by atoms with Gasteiger partial charge in [0.05, 0.1) is 13.0 Å². The van der Waals surface area contributed by atoms with Crippen LogP contribution in [0.5, 0.6) is 0 Å². The number of carbonyl (C=O) groups is 2. The summed E-state index contributed by atoms with van der Waals surface area (Å²) >= 11 is 0. The number of cyclic esters (lactones) is 2. The van der Waals surface area contributed by atoms with Crippen LogP contribution in [0.15, 0.2) is 0 Å². The maximum absolute atomic E-state index is 11.2. The Morgan fingerprint density at radius 2 is 2.15 bits per heavy atom. The Bertz CT molecular complexity index is 220. The third-order valence-corrected chi connectivity index (χ3v) is 2.32. The van der Waals surface area contributed by atoms with Crippen molar-refractivity contribution < 1.29 is 19.1 Å². The largest absolute Gasteiger partial charge is 0.389 e. The standard InChI is InChI=1S/C9H13O4/c1-4-6(12-3)7-5(2)8(10)13-9(7)11/h5-7H,2,4H2,1,3H3/q+1. The number of hydrogen-bond donors (Lipinski definition) is 0. The molecule has 1 fully saturated rings. The van der Waals surface area contributed by atoms with Crippen LogP contribution >= 0.6 is 0 Å². The lowest BCUT2D eigenvalue weighted by Crippen LogP contribution is -2.30. The van der Waals surface area contributed by atoms with Crippen LogP contribution in [0.25, 0.3) is 0 Å². The van der Waals surface area contributed by atoms with Crippen molar-refractivity contribution in [1.29, 1.82) is 0 Å². The van der Waals surface area contributed by atoms with Gasteiger partial charge in [0.15, 0.2) is 0 Å². The molecule has 13 heavy (non-hydrogen) atoms. The van der Waals surface area contributed by atoms with Crippen molar-refractivity contribution in [3.8, 4) is 0 Å². The first kappa shape index (κ1) is 10.1. The zero-order valence-electron chi connectivity index (χ0n) is 7.78. The van der Waals surface area contributed by atoms with E-state index in [0.717, 1.165) is 0 Å². The average molecular weight is 185 g/mol. The highest BCUT2D eigenvalue weighted by molar-refractivity contribution is 5.97. The average Bonchev–Trinajstić information content (AvgIpc) is 2.34. The Balaban J connectivity index is 2.78. The maximum Gasteiger partial charge on any atom is 0.362 e. The summed E-state index contributed by atoms with van der Waals surface area (Å²) in [7, 11) is 1.51. The molecule has 72 valence electrons. The zero-order chi connectivity index (χ0) is 10.0. The van der Waals surface area contributed by atoms with E-state index in [1.807, 2.05) is 6.92 Å². The Morgan fingerprint density at radius 3 is 2.46 bits per heavy atom. The summed E-state index contributed by atoms with van der Waals surface area (Å²) in [5.41, 5.74) is 0. The molecule has 3 atom stereocenters.